The molecule has 0 aliphatic heterocycles. The first-order valence-electron chi connectivity index (χ1n) is 7.85. The predicted molar refractivity (Wildman–Crippen MR) is 95.4 cm³/mol. The van der Waals surface area contributed by atoms with Crippen LogP contribution < -0.4 is 0 Å². The second kappa shape index (κ2) is 6.68. The standard InChI is InChI=1S/C19H13FN2O3S/c1-11-5-7-12(8-6-11)18-22-21-17(25-18)10-24-19(23)16-9-13-14(20)3-2-4-15(13)26-16/h2-9H,10H2,1H3. The molecule has 130 valence electrons. The minimum absolute atomic E-state index is 0.144. The van der Waals surface area contributed by atoms with E-state index in [4.69, 9.17) is 9.15 Å². The molecule has 7 heteroatoms. The van der Waals surface area contributed by atoms with Crippen molar-refractivity contribution in [2.75, 3.05) is 0 Å². The molecule has 0 aliphatic rings. The van der Waals surface area contributed by atoms with Crippen LogP contribution in [0.1, 0.15) is 21.1 Å². The monoisotopic (exact) mass is 368 g/mol. The Morgan fingerprint density at radius 3 is 2.77 bits per heavy atom. The van der Waals surface area contributed by atoms with Crippen molar-refractivity contribution in [1.29, 1.82) is 0 Å². The molecular formula is C19H13FN2O3S. The summed E-state index contributed by atoms with van der Waals surface area (Å²) in [4.78, 5) is 12.5. The third-order valence-electron chi connectivity index (χ3n) is 3.80. The van der Waals surface area contributed by atoms with Gasteiger partial charge in [0.15, 0.2) is 6.61 Å². The van der Waals surface area contributed by atoms with Crippen molar-refractivity contribution in [2.45, 2.75) is 13.5 Å². The number of nitrogens with zero attached hydrogens (tertiary/aromatic N) is 2. The number of thiophene rings is 1. The minimum Gasteiger partial charge on any atom is -0.451 e. The van der Waals surface area contributed by atoms with Gasteiger partial charge in [-0.05, 0) is 37.3 Å². The van der Waals surface area contributed by atoms with E-state index in [0.717, 1.165) is 11.1 Å². The number of esters is 1. The Hall–Kier alpha value is -3.06. The Morgan fingerprint density at radius 2 is 2.00 bits per heavy atom. The van der Waals surface area contributed by atoms with E-state index in [1.807, 2.05) is 31.2 Å². The molecular weight excluding hydrogens is 355 g/mol. The summed E-state index contributed by atoms with van der Waals surface area (Å²) in [6, 6.07) is 13.9. The number of ether oxygens (including phenoxy) is 1. The molecule has 0 bridgehead atoms. The van der Waals surface area contributed by atoms with Gasteiger partial charge in [0.05, 0.1) is 0 Å². The third-order valence-corrected chi connectivity index (χ3v) is 4.88. The Labute approximate surface area is 152 Å². The summed E-state index contributed by atoms with van der Waals surface area (Å²) in [6.45, 7) is 1.84. The van der Waals surface area contributed by atoms with Crippen molar-refractivity contribution >= 4 is 27.4 Å². The fourth-order valence-electron chi connectivity index (χ4n) is 2.45. The number of rotatable bonds is 4. The van der Waals surface area contributed by atoms with Crippen LogP contribution in [-0.4, -0.2) is 16.2 Å². The SMILES string of the molecule is Cc1ccc(-c2nnc(COC(=O)c3cc4c(F)cccc4s3)o2)cc1. The first-order valence-corrected chi connectivity index (χ1v) is 8.66. The van der Waals surface area contributed by atoms with Crippen LogP contribution in [0.2, 0.25) is 0 Å². The number of halogens is 1. The molecule has 0 saturated heterocycles. The third kappa shape index (κ3) is 3.21. The van der Waals surface area contributed by atoms with Crippen LogP contribution >= 0.6 is 11.3 Å². The lowest BCUT2D eigenvalue weighted by Crippen LogP contribution is -2.03. The summed E-state index contributed by atoms with van der Waals surface area (Å²) in [7, 11) is 0. The van der Waals surface area contributed by atoms with Crippen molar-refractivity contribution in [3.8, 4) is 11.5 Å². The molecule has 0 atom stereocenters. The summed E-state index contributed by atoms with van der Waals surface area (Å²) >= 11 is 1.18. The summed E-state index contributed by atoms with van der Waals surface area (Å²) in [5, 5.41) is 8.25. The van der Waals surface area contributed by atoms with Crippen LogP contribution in [0.5, 0.6) is 0 Å². The first-order chi connectivity index (χ1) is 12.6. The summed E-state index contributed by atoms with van der Waals surface area (Å²) in [5.74, 6) is -0.362. The maximum Gasteiger partial charge on any atom is 0.348 e. The van der Waals surface area contributed by atoms with Crippen molar-refractivity contribution in [2.24, 2.45) is 0 Å². The van der Waals surface area contributed by atoms with E-state index in [-0.39, 0.29) is 18.3 Å². The lowest BCUT2D eigenvalue weighted by Gasteiger charge is -1.99. The number of carbonyl (C=O) groups is 1. The Bertz CT molecular complexity index is 1090. The molecule has 0 amide bonds. The Morgan fingerprint density at radius 1 is 1.19 bits per heavy atom. The average Bonchev–Trinajstić information content (AvgIpc) is 3.28. The van der Waals surface area contributed by atoms with Gasteiger partial charge >= 0.3 is 5.97 Å². The quantitative estimate of drug-likeness (QED) is 0.486. The van der Waals surface area contributed by atoms with E-state index in [1.54, 1.807) is 12.1 Å². The van der Waals surface area contributed by atoms with Gasteiger partial charge < -0.3 is 9.15 Å². The lowest BCUT2D eigenvalue weighted by atomic mass is 10.1. The van der Waals surface area contributed by atoms with Gasteiger partial charge in [-0.3, -0.25) is 0 Å². The average molecular weight is 368 g/mol. The number of aromatic nitrogens is 2. The van der Waals surface area contributed by atoms with Gasteiger partial charge in [-0.25, -0.2) is 9.18 Å². The van der Waals surface area contributed by atoms with Crippen LogP contribution in [0.3, 0.4) is 0 Å². The number of hydrogen-bond acceptors (Lipinski definition) is 6. The molecule has 5 nitrogen and oxygen atoms in total. The summed E-state index contributed by atoms with van der Waals surface area (Å²) in [5.41, 5.74) is 1.92. The molecule has 0 fully saturated rings. The molecule has 0 unspecified atom stereocenters. The normalized spacial score (nSPS) is 11.0. The van der Waals surface area contributed by atoms with Crippen molar-refractivity contribution in [3.05, 3.63) is 70.7 Å². The zero-order valence-corrected chi connectivity index (χ0v) is 14.5. The second-order valence-electron chi connectivity index (χ2n) is 5.71. The van der Waals surface area contributed by atoms with Crippen LogP contribution in [-0.2, 0) is 11.3 Å². The highest BCUT2D eigenvalue weighted by Crippen LogP contribution is 2.28. The predicted octanol–water partition coefficient (Wildman–Crippen LogP) is 4.76. The first kappa shape index (κ1) is 16.4. The van der Waals surface area contributed by atoms with Gasteiger partial charge in [0.2, 0.25) is 5.89 Å². The molecule has 2 aromatic carbocycles. The van der Waals surface area contributed by atoms with E-state index >= 15 is 0 Å². The molecule has 0 aliphatic carbocycles. The van der Waals surface area contributed by atoms with Crippen molar-refractivity contribution < 1.29 is 18.3 Å². The van der Waals surface area contributed by atoms with Gasteiger partial charge in [0, 0.05) is 15.6 Å². The lowest BCUT2D eigenvalue weighted by molar-refractivity contribution is 0.0444. The zero-order chi connectivity index (χ0) is 18.1. The fraction of sp³-hybridized carbons (Fsp3) is 0.105. The Kier molecular flexibility index (Phi) is 4.22. The molecule has 4 aromatic rings. The van der Waals surface area contributed by atoms with Crippen LogP contribution in [0, 0.1) is 12.7 Å². The van der Waals surface area contributed by atoms with Crippen LogP contribution in [0.4, 0.5) is 4.39 Å². The van der Waals surface area contributed by atoms with Gasteiger partial charge in [-0.1, -0.05) is 23.8 Å². The molecule has 0 spiro atoms. The second-order valence-corrected chi connectivity index (χ2v) is 6.79. The van der Waals surface area contributed by atoms with Crippen LogP contribution in [0.15, 0.2) is 52.9 Å². The van der Waals surface area contributed by atoms with E-state index < -0.39 is 5.97 Å². The smallest absolute Gasteiger partial charge is 0.348 e. The van der Waals surface area contributed by atoms with E-state index in [9.17, 15) is 9.18 Å². The number of aryl methyl sites for hydroxylation is 1. The molecule has 26 heavy (non-hydrogen) atoms. The number of benzene rings is 2. The highest BCUT2D eigenvalue weighted by Gasteiger charge is 2.16. The van der Waals surface area contributed by atoms with Crippen molar-refractivity contribution in [3.63, 3.8) is 0 Å². The number of carbonyl (C=O) groups excluding carboxylic acids is 1. The maximum absolute atomic E-state index is 13.7. The molecule has 2 heterocycles. The largest absolute Gasteiger partial charge is 0.451 e. The van der Waals surface area contributed by atoms with E-state index in [2.05, 4.69) is 10.2 Å². The zero-order valence-electron chi connectivity index (χ0n) is 13.7. The summed E-state index contributed by atoms with van der Waals surface area (Å²) < 4.78 is 25.1. The molecule has 2 aromatic heterocycles. The number of hydrogen-bond donors (Lipinski definition) is 0. The van der Waals surface area contributed by atoms with Crippen molar-refractivity contribution in [1.82, 2.24) is 10.2 Å². The molecule has 4 rings (SSSR count). The number of fused-ring (bicyclic) bond motifs is 1. The van der Waals surface area contributed by atoms with E-state index in [0.29, 0.717) is 20.9 Å². The van der Waals surface area contributed by atoms with Gasteiger partial charge in [-0.2, -0.15) is 0 Å². The highest BCUT2D eigenvalue weighted by molar-refractivity contribution is 7.20. The van der Waals surface area contributed by atoms with E-state index in [1.165, 1.54) is 23.5 Å². The highest BCUT2D eigenvalue weighted by atomic mass is 32.1. The van der Waals surface area contributed by atoms with Gasteiger partial charge in [-0.15, -0.1) is 21.5 Å². The molecule has 0 radical (unpaired) electrons. The maximum atomic E-state index is 13.7. The Balaban J connectivity index is 1.46. The minimum atomic E-state index is -0.555. The summed E-state index contributed by atoms with van der Waals surface area (Å²) in [6.07, 6.45) is 0. The van der Waals surface area contributed by atoms with Gasteiger partial charge in [0.1, 0.15) is 10.7 Å². The van der Waals surface area contributed by atoms with Crippen LogP contribution in [0.25, 0.3) is 21.5 Å². The topological polar surface area (TPSA) is 65.2 Å². The molecule has 0 saturated carbocycles. The molecule has 0 N–H and O–H groups in total. The van der Waals surface area contributed by atoms with Gasteiger partial charge in [0.25, 0.3) is 5.89 Å². The fourth-order valence-corrected chi connectivity index (χ4v) is 3.42.